The minimum atomic E-state index is -2.58. The van der Waals surface area contributed by atoms with Crippen LogP contribution in [0.2, 0.25) is 0 Å². The number of aliphatic hydroxyl groups excluding tert-OH is 1. The van der Waals surface area contributed by atoms with Crippen LogP contribution < -0.4 is 0 Å². The number of pyridine rings is 1. The Kier molecular flexibility index (Phi) is 2.23. The largest absolute Gasteiger partial charge is 0.388 e. The summed E-state index contributed by atoms with van der Waals surface area (Å²) in [6, 6.07) is 3.39. The first-order valence-corrected chi connectivity index (χ1v) is 4.54. The number of halogens is 2. The molecule has 0 saturated heterocycles. The van der Waals surface area contributed by atoms with Gasteiger partial charge in [0.25, 0.3) is 0 Å². The van der Waals surface area contributed by atoms with Crippen molar-refractivity contribution in [1.29, 1.82) is 0 Å². The molecule has 1 aliphatic rings. The monoisotopic (exact) mass is 199 g/mol. The van der Waals surface area contributed by atoms with Gasteiger partial charge in [-0.15, -0.1) is 0 Å². The molecule has 1 heterocycles. The van der Waals surface area contributed by atoms with Gasteiger partial charge in [0.2, 0.25) is 5.92 Å². The van der Waals surface area contributed by atoms with Crippen LogP contribution in [-0.4, -0.2) is 16.0 Å². The summed E-state index contributed by atoms with van der Waals surface area (Å²) in [4.78, 5) is 3.84. The fourth-order valence-electron chi connectivity index (χ4n) is 1.75. The number of aromatic nitrogens is 1. The molecular formula is C10H11F2NO. The van der Waals surface area contributed by atoms with Gasteiger partial charge in [-0.3, -0.25) is 4.98 Å². The van der Waals surface area contributed by atoms with Crippen LogP contribution in [0.15, 0.2) is 24.5 Å². The fourth-order valence-corrected chi connectivity index (χ4v) is 1.75. The Hall–Kier alpha value is -1.03. The summed E-state index contributed by atoms with van der Waals surface area (Å²) in [5, 5.41) is 9.70. The van der Waals surface area contributed by atoms with Crippen LogP contribution in [0.3, 0.4) is 0 Å². The van der Waals surface area contributed by atoms with E-state index in [0.29, 0.717) is 5.56 Å². The minimum Gasteiger partial charge on any atom is -0.388 e. The van der Waals surface area contributed by atoms with Crippen molar-refractivity contribution in [3.8, 4) is 0 Å². The van der Waals surface area contributed by atoms with E-state index in [9.17, 15) is 13.9 Å². The average Bonchev–Trinajstić information content (AvgIpc) is 2.14. The van der Waals surface area contributed by atoms with Crippen LogP contribution in [0.1, 0.15) is 24.5 Å². The van der Waals surface area contributed by atoms with Gasteiger partial charge in [-0.25, -0.2) is 8.78 Å². The molecule has 1 aliphatic carbocycles. The first-order valence-electron chi connectivity index (χ1n) is 4.54. The van der Waals surface area contributed by atoms with Crippen LogP contribution in [-0.2, 0) is 0 Å². The van der Waals surface area contributed by atoms with Gasteiger partial charge in [0.05, 0.1) is 6.10 Å². The molecule has 1 N–H and O–H groups in total. The standard InChI is InChI=1S/C10H11F2NO/c11-10(12)4-8(5-10)9(14)7-2-1-3-13-6-7/h1-3,6,8-9,14H,4-5H2. The van der Waals surface area contributed by atoms with Crippen molar-refractivity contribution in [1.82, 2.24) is 4.98 Å². The lowest BCUT2D eigenvalue weighted by molar-refractivity contribution is -0.142. The van der Waals surface area contributed by atoms with Gasteiger partial charge in [-0.05, 0) is 11.6 Å². The number of hydrogen-bond donors (Lipinski definition) is 1. The van der Waals surface area contributed by atoms with E-state index in [1.54, 1.807) is 18.3 Å². The third kappa shape index (κ3) is 1.75. The molecule has 1 aromatic heterocycles. The summed E-state index contributed by atoms with van der Waals surface area (Å²) in [5.74, 6) is -2.90. The lowest BCUT2D eigenvalue weighted by atomic mass is 9.76. The molecule has 1 atom stereocenters. The SMILES string of the molecule is OC(c1cccnc1)C1CC(F)(F)C1. The maximum Gasteiger partial charge on any atom is 0.248 e. The third-order valence-electron chi connectivity index (χ3n) is 2.59. The normalized spacial score (nSPS) is 22.8. The van der Waals surface area contributed by atoms with Gasteiger partial charge in [-0.1, -0.05) is 6.07 Å². The number of rotatable bonds is 2. The van der Waals surface area contributed by atoms with Crippen LogP contribution in [0, 0.1) is 5.92 Å². The molecule has 1 saturated carbocycles. The lowest BCUT2D eigenvalue weighted by Crippen LogP contribution is -2.38. The van der Waals surface area contributed by atoms with E-state index in [1.807, 2.05) is 0 Å². The van der Waals surface area contributed by atoms with Crippen molar-refractivity contribution >= 4 is 0 Å². The number of aliphatic hydroxyl groups is 1. The quantitative estimate of drug-likeness (QED) is 0.791. The molecule has 0 spiro atoms. The van der Waals surface area contributed by atoms with Crippen LogP contribution in [0.4, 0.5) is 8.78 Å². The maximum absolute atomic E-state index is 12.5. The summed E-state index contributed by atoms with van der Waals surface area (Å²) in [7, 11) is 0. The number of nitrogens with zero attached hydrogens (tertiary/aromatic N) is 1. The molecule has 2 rings (SSSR count). The van der Waals surface area contributed by atoms with E-state index in [2.05, 4.69) is 4.98 Å². The molecular weight excluding hydrogens is 188 g/mol. The summed E-state index contributed by atoms with van der Waals surface area (Å²) < 4.78 is 25.1. The van der Waals surface area contributed by atoms with Gasteiger partial charge in [0.1, 0.15) is 0 Å². The summed E-state index contributed by atoms with van der Waals surface area (Å²) in [5.41, 5.74) is 0.619. The Bertz CT molecular complexity index is 307. The fraction of sp³-hybridized carbons (Fsp3) is 0.500. The predicted molar refractivity (Wildman–Crippen MR) is 46.9 cm³/mol. The molecule has 0 amide bonds. The first kappa shape index (κ1) is 9.52. The zero-order valence-corrected chi connectivity index (χ0v) is 7.53. The predicted octanol–water partition coefficient (Wildman–Crippen LogP) is 2.16. The number of hydrogen-bond acceptors (Lipinski definition) is 2. The van der Waals surface area contributed by atoms with E-state index in [0.717, 1.165) is 0 Å². The van der Waals surface area contributed by atoms with Gasteiger partial charge in [0.15, 0.2) is 0 Å². The lowest BCUT2D eigenvalue weighted by Gasteiger charge is -2.37. The van der Waals surface area contributed by atoms with Crippen LogP contribution in [0.25, 0.3) is 0 Å². The van der Waals surface area contributed by atoms with Crippen molar-refractivity contribution in [2.75, 3.05) is 0 Å². The zero-order valence-electron chi connectivity index (χ0n) is 7.53. The molecule has 1 fully saturated rings. The van der Waals surface area contributed by atoms with Gasteiger partial charge in [0, 0.05) is 31.2 Å². The molecule has 0 aliphatic heterocycles. The molecule has 1 aromatic rings. The minimum absolute atomic E-state index is 0.219. The number of alkyl halides is 2. The third-order valence-corrected chi connectivity index (χ3v) is 2.59. The second kappa shape index (κ2) is 3.28. The van der Waals surface area contributed by atoms with Crippen LogP contribution >= 0.6 is 0 Å². The highest BCUT2D eigenvalue weighted by Crippen LogP contribution is 2.47. The Morgan fingerprint density at radius 3 is 2.71 bits per heavy atom. The summed E-state index contributed by atoms with van der Waals surface area (Å²) in [6.07, 6.45) is 1.86. The Morgan fingerprint density at radius 2 is 2.21 bits per heavy atom. The highest BCUT2D eigenvalue weighted by molar-refractivity contribution is 5.14. The van der Waals surface area contributed by atoms with E-state index >= 15 is 0 Å². The zero-order chi connectivity index (χ0) is 10.2. The second-order valence-corrected chi connectivity index (χ2v) is 3.76. The Morgan fingerprint density at radius 1 is 1.50 bits per heavy atom. The van der Waals surface area contributed by atoms with Crippen molar-refractivity contribution in [2.45, 2.75) is 24.9 Å². The average molecular weight is 199 g/mol. The topological polar surface area (TPSA) is 33.1 Å². The molecule has 76 valence electrons. The molecule has 1 unspecified atom stereocenters. The molecule has 14 heavy (non-hydrogen) atoms. The molecule has 0 aromatic carbocycles. The summed E-state index contributed by atoms with van der Waals surface area (Å²) in [6.45, 7) is 0. The van der Waals surface area contributed by atoms with Crippen molar-refractivity contribution in [2.24, 2.45) is 5.92 Å². The summed E-state index contributed by atoms with van der Waals surface area (Å²) >= 11 is 0. The molecule has 2 nitrogen and oxygen atoms in total. The first-order chi connectivity index (χ1) is 6.58. The van der Waals surface area contributed by atoms with Crippen molar-refractivity contribution in [3.05, 3.63) is 30.1 Å². The van der Waals surface area contributed by atoms with E-state index in [4.69, 9.17) is 0 Å². The molecule has 0 bridgehead atoms. The van der Waals surface area contributed by atoms with Gasteiger partial charge >= 0.3 is 0 Å². The van der Waals surface area contributed by atoms with Crippen molar-refractivity contribution in [3.63, 3.8) is 0 Å². The Balaban J connectivity index is 2.01. The highest BCUT2D eigenvalue weighted by atomic mass is 19.3. The van der Waals surface area contributed by atoms with E-state index in [-0.39, 0.29) is 18.8 Å². The van der Waals surface area contributed by atoms with E-state index < -0.39 is 12.0 Å². The second-order valence-electron chi connectivity index (χ2n) is 3.76. The molecule has 0 radical (unpaired) electrons. The van der Waals surface area contributed by atoms with Crippen LogP contribution in [0.5, 0.6) is 0 Å². The van der Waals surface area contributed by atoms with Gasteiger partial charge < -0.3 is 5.11 Å². The highest BCUT2D eigenvalue weighted by Gasteiger charge is 2.48. The van der Waals surface area contributed by atoms with Gasteiger partial charge in [-0.2, -0.15) is 0 Å². The maximum atomic E-state index is 12.5. The smallest absolute Gasteiger partial charge is 0.248 e. The molecule has 4 heteroatoms. The van der Waals surface area contributed by atoms with Crippen molar-refractivity contribution < 1.29 is 13.9 Å². The Labute approximate surface area is 80.6 Å². The van der Waals surface area contributed by atoms with E-state index in [1.165, 1.54) is 6.20 Å².